The number of aryl methyl sites for hydroxylation is 1. The second-order valence-electron chi connectivity index (χ2n) is 5.04. The van der Waals surface area contributed by atoms with Gasteiger partial charge in [0.25, 0.3) is 10.0 Å². The lowest BCUT2D eigenvalue weighted by molar-refractivity contribution is 0.601. The maximum absolute atomic E-state index is 12.5. The molecule has 0 saturated heterocycles. The van der Waals surface area contributed by atoms with Crippen molar-refractivity contribution in [3.05, 3.63) is 71.5 Å². The van der Waals surface area contributed by atoms with E-state index >= 15 is 0 Å². The summed E-state index contributed by atoms with van der Waals surface area (Å²) in [5.74, 6) is 0. The number of nitrogens with one attached hydrogen (secondary N) is 1. The molecule has 0 amide bonds. The highest BCUT2D eigenvalue weighted by atomic mass is 35.5. The van der Waals surface area contributed by atoms with Gasteiger partial charge in [-0.05, 0) is 31.2 Å². The molecule has 5 nitrogen and oxygen atoms in total. The average molecular weight is 348 g/mol. The standard InChI is InChI=1S/C16H14ClN3O2S/c1-12-6-8-14(9-7-12)23(21,22)19-15-4-2-3-5-16(15)20-11-13(17)10-18-20/h2-11,19H,1H3. The molecule has 0 radical (unpaired) electrons. The number of sulfonamides is 1. The summed E-state index contributed by atoms with van der Waals surface area (Å²) in [7, 11) is -3.68. The number of benzene rings is 2. The molecule has 0 atom stereocenters. The topological polar surface area (TPSA) is 64.0 Å². The van der Waals surface area contributed by atoms with E-state index in [1.165, 1.54) is 10.9 Å². The molecule has 23 heavy (non-hydrogen) atoms. The van der Waals surface area contributed by atoms with E-state index in [-0.39, 0.29) is 4.90 Å². The fraction of sp³-hybridized carbons (Fsp3) is 0.0625. The van der Waals surface area contributed by atoms with Gasteiger partial charge in [0.2, 0.25) is 0 Å². The number of para-hydroxylation sites is 2. The van der Waals surface area contributed by atoms with Gasteiger partial charge in [0.15, 0.2) is 0 Å². The summed E-state index contributed by atoms with van der Waals surface area (Å²) in [6, 6.07) is 13.7. The number of aromatic nitrogens is 2. The summed E-state index contributed by atoms with van der Waals surface area (Å²) in [6.45, 7) is 1.90. The smallest absolute Gasteiger partial charge is 0.261 e. The number of nitrogens with zero attached hydrogens (tertiary/aromatic N) is 2. The largest absolute Gasteiger partial charge is 0.277 e. The molecule has 0 fully saturated rings. The van der Waals surface area contributed by atoms with Gasteiger partial charge < -0.3 is 0 Å². The Balaban J connectivity index is 1.98. The predicted molar refractivity (Wildman–Crippen MR) is 90.6 cm³/mol. The minimum Gasteiger partial charge on any atom is -0.277 e. The molecule has 2 aromatic carbocycles. The van der Waals surface area contributed by atoms with Crippen molar-refractivity contribution in [1.29, 1.82) is 0 Å². The second-order valence-corrected chi connectivity index (χ2v) is 7.16. The van der Waals surface area contributed by atoms with Gasteiger partial charge in [-0.15, -0.1) is 0 Å². The average Bonchev–Trinajstić information content (AvgIpc) is 2.94. The van der Waals surface area contributed by atoms with Gasteiger partial charge in [-0.3, -0.25) is 4.72 Å². The van der Waals surface area contributed by atoms with E-state index in [1.54, 1.807) is 54.7 Å². The monoisotopic (exact) mass is 347 g/mol. The summed E-state index contributed by atoms with van der Waals surface area (Å²) in [5, 5.41) is 4.58. The lowest BCUT2D eigenvalue weighted by Crippen LogP contribution is -2.14. The van der Waals surface area contributed by atoms with Crippen LogP contribution in [0.1, 0.15) is 5.56 Å². The minimum atomic E-state index is -3.68. The van der Waals surface area contributed by atoms with Crippen molar-refractivity contribution in [2.24, 2.45) is 0 Å². The maximum Gasteiger partial charge on any atom is 0.261 e. The normalized spacial score (nSPS) is 11.4. The summed E-state index contributed by atoms with van der Waals surface area (Å²) in [5.41, 5.74) is 2.01. The Labute approximate surface area is 139 Å². The molecule has 0 aliphatic heterocycles. The molecule has 0 aliphatic carbocycles. The van der Waals surface area contributed by atoms with Gasteiger partial charge in [-0.2, -0.15) is 5.10 Å². The molecular formula is C16H14ClN3O2S. The minimum absolute atomic E-state index is 0.205. The van der Waals surface area contributed by atoms with E-state index in [1.807, 2.05) is 6.92 Å². The van der Waals surface area contributed by atoms with Crippen molar-refractivity contribution in [3.63, 3.8) is 0 Å². The Kier molecular flexibility index (Phi) is 4.11. The van der Waals surface area contributed by atoms with Crippen molar-refractivity contribution in [2.45, 2.75) is 11.8 Å². The first-order chi connectivity index (χ1) is 11.0. The van der Waals surface area contributed by atoms with Crippen LogP contribution in [0.15, 0.2) is 65.8 Å². The lowest BCUT2D eigenvalue weighted by atomic mass is 10.2. The highest BCUT2D eigenvalue weighted by Gasteiger charge is 2.16. The zero-order valence-corrected chi connectivity index (χ0v) is 13.8. The van der Waals surface area contributed by atoms with Crippen LogP contribution in [0.3, 0.4) is 0 Å². The Hall–Kier alpha value is -2.31. The first kappa shape index (κ1) is 15.6. The fourth-order valence-corrected chi connectivity index (χ4v) is 3.32. The molecule has 0 bridgehead atoms. The third-order valence-corrected chi connectivity index (χ3v) is 4.85. The summed E-state index contributed by atoms with van der Waals surface area (Å²) < 4.78 is 29.2. The molecular weight excluding hydrogens is 334 g/mol. The summed E-state index contributed by atoms with van der Waals surface area (Å²) in [6.07, 6.45) is 3.10. The molecule has 3 aromatic rings. The van der Waals surface area contributed by atoms with Gasteiger partial charge in [0.1, 0.15) is 0 Å². The van der Waals surface area contributed by atoms with Crippen LogP contribution in [-0.4, -0.2) is 18.2 Å². The molecule has 0 unspecified atom stereocenters. The van der Waals surface area contributed by atoms with E-state index in [2.05, 4.69) is 9.82 Å². The number of anilines is 1. The maximum atomic E-state index is 12.5. The van der Waals surface area contributed by atoms with Crippen molar-refractivity contribution in [1.82, 2.24) is 9.78 Å². The first-order valence-electron chi connectivity index (χ1n) is 6.85. The highest BCUT2D eigenvalue weighted by Crippen LogP contribution is 2.24. The number of rotatable bonds is 4. The van der Waals surface area contributed by atoms with Crippen LogP contribution in [0.5, 0.6) is 0 Å². The van der Waals surface area contributed by atoms with Gasteiger partial charge in [-0.1, -0.05) is 41.4 Å². The van der Waals surface area contributed by atoms with E-state index in [0.717, 1.165) is 5.56 Å². The SMILES string of the molecule is Cc1ccc(S(=O)(=O)Nc2ccccc2-n2cc(Cl)cn2)cc1. The molecule has 0 saturated carbocycles. The van der Waals surface area contributed by atoms with Gasteiger partial charge in [-0.25, -0.2) is 13.1 Å². The van der Waals surface area contributed by atoms with E-state index in [9.17, 15) is 8.42 Å². The van der Waals surface area contributed by atoms with E-state index in [4.69, 9.17) is 11.6 Å². The Morgan fingerprint density at radius 2 is 1.78 bits per heavy atom. The summed E-state index contributed by atoms with van der Waals surface area (Å²) >= 11 is 5.88. The van der Waals surface area contributed by atoms with Crippen LogP contribution in [0.25, 0.3) is 5.69 Å². The van der Waals surface area contributed by atoms with Crippen LogP contribution >= 0.6 is 11.6 Å². The molecule has 1 N–H and O–H groups in total. The van der Waals surface area contributed by atoms with Crippen LogP contribution in [-0.2, 0) is 10.0 Å². The lowest BCUT2D eigenvalue weighted by Gasteiger charge is -2.12. The zero-order valence-electron chi connectivity index (χ0n) is 12.3. The fourth-order valence-electron chi connectivity index (χ4n) is 2.11. The summed E-state index contributed by atoms with van der Waals surface area (Å²) in [4.78, 5) is 0.205. The van der Waals surface area contributed by atoms with Crippen LogP contribution in [0.4, 0.5) is 5.69 Å². The first-order valence-corrected chi connectivity index (χ1v) is 8.71. The number of hydrogen-bond donors (Lipinski definition) is 1. The van der Waals surface area contributed by atoms with Crippen LogP contribution < -0.4 is 4.72 Å². The van der Waals surface area contributed by atoms with Gasteiger partial charge in [0.05, 0.1) is 27.5 Å². The van der Waals surface area contributed by atoms with Crippen molar-refractivity contribution in [2.75, 3.05) is 4.72 Å². The predicted octanol–water partition coefficient (Wildman–Crippen LogP) is 3.63. The molecule has 1 aromatic heterocycles. The second kappa shape index (κ2) is 6.06. The molecule has 0 spiro atoms. The van der Waals surface area contributed by atoms with Crippen molar-refractivity contribution < 1.29 is 8.42 Å². The van der Waals surface area contributed by atoms with Crippen molar-refractivity contribution >= 4 is 27.3 Å². The molecule has 0 aliphatic rings. The quantitative estimate of drug-likeness (QED) is 0.783. The number of hydrogen-bond acceptors (Lipinski definition) is 3. The Bertz CT molecular complexity index is 934. The Morgan fingerprint density at radius 1 is 1.09 bits per heavy atom. The van der Waals surface area contributed by atoms with E-state index in [0.29, 0.717) is 16.4 Å². The highest BCUT2D eigenvalue weighted by molar-refractivity contribution is 7.92. The third-order valence-electron chi connectivity index (χ3n) is 3.28. The molecule has 3 rings (SSSR count). The number of halogens is 1. The molecule has 1 heterocycles. The molecule has 118 valence electrons. The van der Waals surface area contributed by atoms with Crippen molar-refractivity contribution in [3.8, 4) is 5.69 Å². The van der Waals surface area contributed by atoms with Crippen LogP contribution in [0, 0.1) is 6.92 Å². The Morgan fingerprint density at radius 3 is 2.43 bits per heavy atom. The zero-order chi connectivity index (χ0) is 16.4. The third kappa shape index (κ3) is 3.38. The van der Waals surface area contributed by atoms with Gasteiger partial charge in [0, 0.05) is 6.20 Å². The molecule has 7 heteroatoms. The van der Waals surface area contributed by atoms with Gasteiger partial charge >= 0.3 is 0 Å². The van der Waals surface area contributed by atoms with Crippen LogP contribution in [0.2, 0.25) is 5.02 Å². The van der Waals surface area contributed by atoms with E-state index < -0.39 is 10.0 Å².